The van der Waals surface area contributed by atoms with Crippen LogP contribution in [0.5, 0.6) is 0 Å². The van der Waals surface area contributed by atoms with Crippen molar-refractivity contribution in [3.63, 3.8) is 0 Å². The number of aryl methyl sites for hydroxylation is 3. The van der Waals surface area contributed by atoms with E-state index < -0.39 is 0 Å². The van der Waals surface area contributed by atoms with Crippen molar-refractivity contribution in [1.82, 2.24) is 0 Å². The first-order valence-electron chi connectivity index (χ1n) is 5.67. The highest BCUT2D eigenvalue weighted by atomic mass is 32.2. The molecule has 0 aliphatic rings. The summed E-state index contributed by atoms with van der Waals surface area (Å²) in [5.41, 5.74) is 10.5. The fraction of sp³-hybridized carbons (Fsp3) is 0.200. The Hall–Kier alpha value is -1.41. The third-order valence-electron chi connectivity index (χ3n) is 2.63. The van der Waals surface area contributed by atoms with Gasteiger partial charge >= 0.3 is 0 Å². The standard InChI is InChI=1S/C15H17NS/c1-10-4-5-15(12(3)6-10)17-14-8-11(2)7-13(16)9-14/h4-9H,16H2,1-3H3. The predicted octanol–water partition coefficient (Wildman–Crippen LogP) is 4.35. The van der Waals surface area contributed by atoms with Gasteiger partial charge in [0.15, 0.2) is 0 Å². The van der Waals surface area contributed by atoms with E-state index in [0.29, 0.717) is 0 Å². The van der Waals surface area contributed by atoms with Crippen LogP contribution in [0.2, 0.25) is 0 Å². The lowest BCUT2D eigenvalue weighted by atomic mass is 10.2. The lowest BCUT2D eigenvalue weighted by Gasteiger charge is -2.08. The van der Waals surface area contributed by atoms with Gasteiger partial charge in [0.05, 0.1) is 0 Å². The molecule has 2 heteroatoms. The molecule has 0 aliphatic carbocycles. The number of benzene rings is 2. The van der Waals surface area contributed by atoms with Crippen LogP contribution in [0.3, 0.4) is 0 Å². The molecule has 17 heavy (non-hydrogen) atoms. The second-order valence-corrected chi connectivity index (χ2v) is 5.57. The van der Waals surface area contributed by atoms with E-state index in [1.54, 1.807) is 11.8 Å². The number of hydrogen-bond acceptors (Lipinski definition) is 2. The molecule has 0 bridgehead atoms. The summed E-state index contributed by atoms with van der Waals surface area (Å²) in [5.74, 6) is 0. The van der Waals surface area contributed by atoms with Crippen molar-refractivity contribution in [3.8, 4) is 0 Å². The van der Waals surface area contributed by atoms with E-state index >= 15 is 0 Å². The summed E-state index contributed by atoms with van der Waals surface area (Å²) in [7, 11) is 0. The van der Waals surface area contributed by atoms with E-state index in [-0.39, 0.29) is 0 Å². The highest BCUT2D eigenvalue weighted by Gasteiger charge is 2.02. The van der Waals surface area contributed by atoms with Crippen molar-refractivity contribution in [1.29, 1.82) is 0 Å². The average molecular weight is 243 g/mol. The van der Waals surface area contributed by atoms with Crippen LogP contribution in [0.1, 0.15) is 16.7 Å². The summed E-state index contributed by atoms with van der Waals surface area (Å²) < 4.78 is 0. The maximum atomic E-state index is 5.86. The molecular weight excluding hydrogens is 226 g/mol. The molecule has 2 N–H and O–H groups in total. The van der Waals surface area contributed by atoms with Crippen LogP contribution >= 0.6 is 11.8 Å². The van der Waals surface area contributed by atoms with Crippen molar-refractivity contribution >= 4 is 17.4 Å². The Morgan fingerprint density at radius 2 is 1.65 bits per heavy atom. The summed E-state index contributed by atoms with van der Waals surface area (Å²) in [4.78, 5) is 2.50. The molecule has 0 saturated heterocycles. The minimum Gasteiger partial charge on any atom is -0.399 e. The highest BCUT2D eigenvalue weighted by Crippen LogP contribution is 2.32. The van der Waals surface area contributed by atoms with Crippen LogP contribution in [0.15, 0.2) is 46.2 Å². The Labute approximate surface area is 107 Å². The Bertz CT molecular complexity index is 526. The number of nitrogen functional groups attached to an aromatic ring is 1. The van der Waals surface area contributed by atoms with Crippen molar-refractivity contribution in [3.05, 3.63) is 53.1 Å². The van der Waals surface area contributed by atoms with Crippen molar-refractivity contribution < 1.29 is 0 Å². The molecule has 0 aliphatic heterocycles. The van der Waals surface area contributed by atoms with Crippen LogP contribution in [-0.2, 0) is 0 Å². The van der Waals surface area contributed by atoms with Crippen LogP contribution < -0.4 is 5.73 Å². The predicted molar refractivity (Wildman–Crippen MR) is 75.6 cm³/mol. The van der Waals surface area contributed by atoms with Gasteiger partial charge in [-0.2, -0.15) is 0 Å². The molecule has 0 atom stereocenters. The van der Waals surface area contributed by atoms with Gasteiger partial charge in [-0.05, 0) is 56.2 Å². The Kier molecular flexibility index (Phi) is 3.43. The molecule has 0 radical (unpaired) electrons. The quantitative estimate of drug-likeness (QED) is 0.794. The molecule has 0 unspecified atom stereocenters. The van der Waals surface area contributed by atoms with Gasteiger partial charge in [0, 0.05) is 15.5 Å². The second kappa shape index (κ2) is 4.84. The first-order chi connectivity index (χ1) is 8.04. The molecule has 2 aromatic carbocycles. The van der Waals surface area contributed by atoms with E-state index in [1.165, 1.54) is 26.5 Å². The summed E-state index contributed by atoms with van der Waals surface area (Å²) in [6.07, 6.45) is 0. The lowest BCUT2D eigenvalue weighted by Crippen LogP contribution is -1.87. The minimum atomic E-state index is 0.831. The monoisotopic (exact) mass is 243 g/mol. The van der Waals surface area contributed by atoms with Crippen LogP contribution in [0.25, 0.3) is 0 Å². The van der Waals surface area contributed by atoms with Crippen molar-refractivity contribution in [2.24, 2.45) is 0 Å². The fourth-order valence-corrected chi connectivity index (χ4v) is 2.93. The maximum absolute atomic E-state index is 5.86. The largest absolute Gasteiger partial charge is 0.399 e. The number of anilines is 1. The van der Waals surface area contributed by atoms with Gasteiger partial charge in [-0.25, -0.2) is 0 Å². The van der Waals surface area contributed by atoms with Gasteiger partial charge in [-0.1, -0.05) is 29.5 Å². The topological polar surface area (TPSA) is 26.0 Å². The van der Waals surface area contributed by atoms with E-state index in [9.17, 15) is 0 Å². The third-order valence-corrected chi connectivity index (χ3v) is 3.78. The zero-order valence-corrected chi connectivity index (χ0v) is 11.3. The molecule has 88 valence electrons. The SMILES string of the molecule is Cc1cc(N)cc(Sc2ccc(C)cc2C)c1. The molecule has 2 aromatic rings. The van der Waals surface area contributed by atoms with Gasteiger partial charge in [-0.15, -0.1) is 0 Å². The molecule has 1 nitrogen and oxygen atoms in total. The maximum Gasteiger partial charge on any atom is 0.0328 e. The van der Waals surface area contributed by atoms with Crippen LogP contribution in [0, 0.1) is 20.8 Å². The van der Waals surface area contributed by atoms with Gasteiger partial charge in [0.1, 0.15) is 0 Å². The smallest absolute Gasteiger partial charge is 0.0328 e. The number of nitrogens with two attached hydrogens (primary N) is 1. The molecule has 0 heterocycles. The Morgan fingerprint density at radius 1 is 0.882 bits per heavy atom. The van der Waals surface area contributed by atoms with Crippen LogP contribution in [-0.4, -0.2) is 0 Å². The summed E-state index contributed by atoms with van der Waals surface area (Å²) >= 11 is 1.77. The zero-order chi connectivity index (χ0) is 12.4. The zero-order valence-electron chi connectivity index (χ0n) is 10.4. The molecule has 0 saturated carbocycles. The molecule has 2 rings (SSSR count). The second-order valence-electron chi connectivity index (χ2n) is 4.45. The van der Waals surface area contributed by atoms with Crippen molar-refractivity contribution in [2.75, 3.05) is 5.73 Å². The molecule has 0 spiro atoms. The van der Waals surface area contributed by atoms with E-state index in [0.717, 1.165) is 5.69 Å². The van der Waals surface area contributed by atoms with E-state index in [4.69, 9.17) is 5.73 Å². The van der Waals surface area contributed by atoms with Crippen LogP contribution in [0.4, 0.5) is 5.69 Å². The normalized spacial score (nSPS) is 10.5. The lowest BCUT2D eigenvalue weighted by molar-refractivity contribution is 1.25. The van der Waals surface area contributed by atoms with Gasteiger partial charge in [-0.3, -0.25) is 0 Å². The summed E-state index contributed by atoms with van der Waals surface area (Å²) in [6.45, 7) is 6.34. The van der Waals surface area contributed by atoms with Gasteiger partial charge in [0.25, 0.3) is 0 Å². The summed E-state index contributed by atoms with van der Waals surface area (Å²) in [6, 6.07) is 12.7. The molecular formula is C15H17NS. The first-order valence-corrected chi connectivity index (χ1v) is 6.48. The van der Waals surface area contributed by atoms with E-state index in [2.05, 4.69) is 45.0 Å². The fourth-order valence-electron chi connectivity index (χ4n) is 1.88. The van der Waals surface area contributed by atoms with Gasteiger partial charge in [0.2, 0.25) is 0 Å². The highest BCUT2D eigenvalue weighted by molar-refractivity contribution is 7.99. The van der Waals surface area contributed by atoms with Gasteiger partial charge < -0.3 is 5.73 Å². The Balaban J connectivity index is 2.31. The van der Waals surface area contributed by atoms with Crippen molar-refractivity contribution in [2.45, 2.75) is 30.6 Å². The Morgan fingerprint density at radius 3 is 2.29 bits per heavy atom. The number of rotatable bonds is 2. The first kappa shape index (κ1) is 12.1. The third kappa shape index (κ3) is 3.04. The minimum absolute atomic E-state index is 0.831. The molecule has 0 fully saturated rings. The summed E-state index contributed by atoms with van der Waals surface area (Å²) in [5, 5.41) is 0. The average Bonchev–Trinajstić information content (AvgIpc) is 2.21. The number of hydrogen-bond donors (Lipinski definition) is 1. The molecule has 0 amide bonds. The van der Waals surface area contributed by atoms with E-state index in [1.807, 2.05) is 12.1 Å². The molecule has 0 aromatic heterocycles.